The molecule has 0 heterocycles. The summed E-state index contributed by atoms with van der Waals surface area (Å²) in [5.41, 5.74) is 2.80. The van der Waals surface area contributed by atoms with Crippen molar-refractivity contribution in [1.82, 2.24) is 0 Å². The molecule has 0 unspecified atom stereocenters. The third kappa shape index (κ3) is 5.75. The number of nitrogens with zero attached hydrogens (tertiary/aromatic N) is 1. The first kappa shape index (κ1) is 25.4. The molecule has 0 N–H and O–H groups in total. The van der Waals surface area contributed by atoms with Crippen molar-refractivity contribution in [1.29, 1.82) is 0 Å². The number of aliphatic imine (C=N–C) groups is 1. The zero-order valence-corrected chi connectivity index (χ0v) is 21.6. The minimum atomic E-state index is -3.21. The number of unbranched alkanes of at least 4 members (excludes halogenated alkanes) is 1. The predicted octanol–water partition coefficient (Wildman–Crippen LogP) is 6.95. The fraction of sp³-hybridized carbons (Fsp3) is 0.156. The van der Waals surface area contributed by atoms with E-state index in [-0.39, 0.29) is 0 Å². The molecule has 0 bridgehead atoms. The van der Waals surface area contributed by atoms with Crippen LogP contribution in [0, 0.1) is 0 Å². The Kier molecular flexibility index (Phi) is 8.71. The van der Waals surface area contributed by atoms with Crippen molar-refractivity contribution < 1.29 is 9.30 Å². The third-order valence-electron chi connectivity index (χ3n) is 6.04. The van der Waals surface area contributed by atoms with E-state index in [1.165, 1.54) is 12.0 Å². The second-order valence-electron chi connectivity index (χ2n) is 8.58. The molecule has 0 saturated heterocycles. The monoisotopic (exact) mass is 493 g/mol. The van der Waals surface area contributed by atoms with Gasteiger partial charge in [0.15, 0.2) is 7.14 Å². The van der Waals surface area contributed by atoms with E-state index in [0.717, 1.165) is 29.1 Å². The van der Waals surface area contributed by atoms with Crippen LogP contribution in [0.5, 0.6) is 0 Å². The molecule has 4 aromatic rings. The van der Waals surface area contributed by atoms with Gasteiger partial charge in [-0.3, -0.25) is 0 Å². The van der Waals surface area contributed by atoms with Crippen molar-refractivity contribution >= 4 is 34.6 Å². The Hall–Kier alpha value is -3.68. The first-order valence-corrected chi connectivity index (χ1v) is 14.1. The van der Waals surface area contributed by atoms with Crippen LogP contribution in [-0.2, 0) is 15.7 Å². The van der Waals surface area contributed by atoms with Crippen LogP contribution in [0.15, 0.2) is 127 Å². The van der Waals surface area contributed by atoms with Crippen LogP contribution in [0.3, 0.4) is 0 Å². The summed E-state index contributed by atoms with van der Waals surface area (Å²) in [7, 11) is -3.21. The topological polar surface area (TPSA) is 38.7 Å². The smallest absolute Gasteiger partial charge is 0.222 e. The Morgan fingerprint density at radius 1 is 0.833 bits per heavy atom. The molecule has 0 atom stereocenters. The highest BCUT2D eigenvalue weighted by atomic mass is 31.2. The summed E-state index contributed by atoms with van der Waals surface area (Å²) >= 11 is 0. The van der Waals surface area contributed by atoms with Gasteiger partial charge < -0.3 is 9.30 Å². The van der Waals surface area contributed by atoms with Crippen molar-refractivity contribution in [2.24, 2.45) is 4.99 Å². The molecule has 0 aliphatic rings. The van der Waals surface area contributed by atoms with Gasteiger partial charge in [-0.05, 0) is 36.6 Å². The van der Waals surface area contributed by atoms with E-state index in [1.54, 1.807) is 6.08 Å². The fourth-order valence-electron chi connectivity index (χ4n) is 4.18. The molecule has 4 heteroatoms. The normalized spacial score (nSPS) is 11.8. The lowest BCUT2D eigenvalue weighted by molar-refractivity contribution is 0.352. The average molecular weight is 494 g/mol. The van der Waals surface area contributed by atoms with Gasteiger partial charge in [0, 0.05) is 21.5 Å². The molecule has 0 amide bonds. The maximum atomic E-state index is 15.1. The molecular formula is C32H32NO2P. The van der Waals surface area contributed by atoms with Crippen molar-refractivity contribution in [3.63, 3.8) is 0 Å². The minimum absolute atomic E-state index is 0.294. The van der Waals surface area contributed by atoms with E-state index < -0.39 is 7.14 Å². The lowest BCUT2D eigenvalue weighted by Gasteiger charge is -2.23. The molecule has 182 valence electrons. The van der Waals surface area contributed by atoms with E-state index in [0.29, 0.717) is 23.4 Å². The number of hydrogen-bond acceptors (Lipinski definition) is 3. The summed E-state index contributed by atoms with van der Waals surface area (Å²) in [5.74, 6) is 0.430. The summed E-state index contributed by atoms with van der Waals surface area (Å²) in [6, 6.07) is 35.3. The van der Waals surface area contributed by atoms with Crippen molar-refractivity contribution in [3.8, 4) is 0 Å². The maximum Gasteiger partial charge on any atom is 0.222 e. The number of aryl methyl sites for hydroxylation is 1. The first-order chi connectivity index (χ1) is 17.7. The lowest BCUT2D eigenvalue weighted by Crippen LogP contribution is -2.29. The van der Waals surface area contributed by atoms with E-state index in [4.69, 9.17) is 9.73 Å². The molecule has 0 spiro atoms. The largest absolute Gasteiger partial charge is 0.473 e. The second kappa shape index (κ2) is 12.3. The quantitative estimate of drug-likeness (QED) is 0.104. The van der Waals surface area contributed by atoms with Crippen LogP contribution in [0.4, 0.5) is 5.69 Å². The molecule has 3 nitrogen and oxygen atoms in total. The van der Waals surface area contributed by atoms with E-state index in [9.17, 15) is 0 Å². The molecular weight excluding hydrogens is 461 g/mol. The molecule has 4 aromatic carbocycles. The van der Waals surface area contributed by atoms with Crippen LogP contribution in [0.2, 0.25) is 0 Å². The Balaban J connectivity index is 1.86. The molecule has 0 fully saturated rings. The van der Waals surface area contributed by atoms with Crippen LogP contribution < -0.4 is 15.9 Å². The Morgan fingerprint density at radius 3 is 2.00 bits per heavy atom. The van der Waals surface area contributed by atoms with Crippen LogP contribution in [-0.4, -0.2) is 12.5 Å². The maximum absolute atomic E-state index is 15.1. The third-order valence-corrected chi connectivity index (χ3v) is 9.16. The number of hydrogen-bond donors (Lipinski definition) is 0. The summed E-state index contributed by atoms with van der Waals surface area (Å²) in [5, 5.41) is 2.24. The van der Waals surface area contributed by atoms with E-state index in [2.05, 4.69) is 25.6 Å². The zero-order chi connectivity index (χ0) is 25.2. The van der Waals surface area contributed by atoms with Gasteiger partial charge in [0.25, 0.3) is 0 Å². The zero-order valence-electron chi connectivity index (χ0n) is 20.7. The van der Waals surface area contributed by atoms with Crippen LogP contribution >= 0.6 is 7.14 Å². The lowest BCUT2D eigenvalue weighted by atomic mass is 10.1. The molecule has 0 saturated carbocycles. The molecule has 0 aliphatic heterocycles. The van der Waals surface area contributed by atoms with Gasteiger partial charge >= 0.3 is 0 Å². The molecule has 0 aliphatic carbocycles. The number of benzene rings is 4. The average Bonchev–Trinajstić information content (AvgIpc) is 2.95. The highest BCUT2D eigenvalue weighted by Crippen LogP contribution is 2.43. The summed E-state index contributed by atoms with van der Waals surface area (Å²) in [6.45, 7) is 6.30. The van der Waals surface area contributed by atoms with E-state index >= 15 is 4.57 Å². The molecule has 0 radical (unpaired) electrons. The van der Waals surface area contributed by atoms with Crippen LogP contribution in [0.1, 0.15) is 30.9 Å². The fourth-order valence-corrected chi connectivity index (χ4v) is 7.02. The van der Waals surface area contributed by atoms with Crippen molar-refractivity contribution in [2.75, 3.05) is 6.61 Å². The summed E-state index contributed by atoms with van der Waals surface area (Å²) in [6.07, 6.45) is 5.08. The van der Waals surface area contributed by atoms with Gasteiger partial charge in [-0.15, -0.1) is 0 Å². The van der Waals surface area contributed by atoms with Crippen LogP contribution in [0.25, 0.3) is 0 Å². The van der Waals surface area contributed by atoms with Gasteiger partial charge in [0.2, 0.25) is 5.90 Å². The highest BCUT2D eigenvalue weighted by molar-refractivity contribution is 7.85. The predicted molar refractivity (Wildman–Crippen MR) is 153 cm³/mol. The SMILES string of the molecule is C=CCOC(=Nc1ccc(CCCC)cc1)c1ccccc1P(=O)(c1ccccc1)c1ccccc1. The number of ether oxygens (including phenoxy) is 1. The van der Waals surface area contributed by atoms with Gasteiger partial charge in [0.1, 0.15) is 6.61 Å². The minimum Gasteiger partial charge on any atom is -0.473 e. The van der Waals surface area contributed by atoms with Gasteiger partial charge in [-0.2, -0.15) is 0 Å². The number of rotatable bonds is 10. The van der Waals surface area contributed by atoms with Gasteiger partial charge in [-0.1, -0.05) is 117 Å². The molecule has 4 rings (SSSR count). The van der Waals surface area contributed by atoms with Gasteiger partial charge in [-0.25, -0.2) is 4.99 Å². The van der Waals surface area contributed by atoms with E-state index in [1.807, 2.05) is 97.1 Å². The Labute approximate surface area is 214 Å². The molecule has 0 aromatic heterocycles. The standard InChI is InChI=1S/C32H32NO2P/c1-3-5-14-26-21-23-27(24-22-26)33-32(35-25-4-2)30-19-12-13-20-31(30)36(34,28-15-8-6-9-16-28)29-17-10-7-11-18-29/h4,6-13,15-24H,2-3,5,14,25H2,1H3. The Morgan fingerprint density at radius 2 is 1.42 bits per heavy atom. The summed E-state index contributed by atoms with van der Waals surface area (Å²) in [4.78, 5) is 4.87. The Bertz CT molecular complexity index is 1300. The highest BCUT2D eigenvalue weighted by Gasteiger charge is 2.33. The van der Waals surface area contributed by atoms with Gasteiger partial charge in [0.05, 0.1) is 5.69 Å². The second-order valence-corrected chi connectivity index (χ2v) is 11.3. The summed E-state index contributed by atoms with van der Waals surface area (Å²) < 4.78 is 21.2. The van der Waals surface area contributed by atoms with Crippen molar-refractivity contribution in [3.05, 3.63) is 133 Å². The first-order valence-electron chi connectivity index (χ1n) is 12.4. The van der Waals surface area contributed by atoms with Crippen molar-refractivity contribution in [2.45, 2.75) is 26.2 Å². The molecule has 36 heavy (non-hydrogen) atoms.